The van der Waals surface area contributed by atoms with Crippen molar-refractivity contribution >= 4 is 22.4 Å². The zero-order valence-electron chi connectivity index (χ0n) is 12.4. The number of rotatable bonds is 5. The zero-order chi connectivity index (χ0) is 15.5. The molecule has 0 amide bonds. The number of hydrogen-bond acceptors (Lipinski definition) is 4. The smallest absolute Gasteiger partial charge is 0.165 e. The summed E-state index contributed by atoms with van der Waals surface area (Å²) in [5.41, 5.74) is 3.64. The molecule has 2 N–H and O–H groups in total. The monoisotopic (exact) mass is 300 g/mol. The van der Waals surface area contributed by atoms with Gasteiger partial charge >= 0.3 is 0 Å². The lowest BCUT2D eigenvalue weighted by Gasteiger charge is -2.11. The molecule has 0 atom stereocenters. The molecule has 0 saturated heterocycles. The summed E-state index contributed by atoms with van der Waals surface area (Å²) >= 11 is 0. The number of aromatic nitrogens is 2. The summed E-state index contributed by atoms with van der Waals surface area (Å²) in [6.45, 7) is 0.174. The molecule has 0 radical (unpaired) electrons. The molecule has 114 valence electrons. The predicted octanol–water partition coefficient (Wildman–Crippen LogP) is 3.20. The van der Waals surface area contributed by atoms with Crippen LogP contribution in [-0.4, -0.2) is 23.3 Å². The summed E-state index contributed by atoms with van der Waals surface area (Å²) in [4.78, 5) is 4.27. The average molecular weight is 300 g/mol. The minimum atomic E-state index is -0.386. The summed E-state index contributed by atoms with van der Waals surface area (Å²) in [5, 5.41) is 6.07. The molecule has 0 saturated carbocycles. The number of halogens is 1. The van der Waals surface area contributed by atoms with Crippen molar-refractivity contribution in [1.29, 1.82) is 0 Å². The quantitative estimate of drug-likeness (QED) is 0.711. The third kappa shape index (κ3) is 2.81. The van der Waals surface area contributed by atoms with E-state index in [2.05, 4.69) is 15.6 Å². The van der Waals surface area contributed by atoms with Crippen molar-refractivity contribution in [2.45, 2.75) is 0 Å². The minimum absolute atomic E-state index is 0.174. The summed E-state index contributed by atoms with van der Waals surface area (Å²) < 4.78 is 21.1. The Morgan fingerprint density at radius 1 is 1.18 bits per heavy atom. The highest BCUT2D eigenvalue weighted by Gasteiger charge is 2.05. The maximum Gasteiger partial charge on any atom is 0.165 e. The Hall–Kier alpha value is -2.76. The first kappa shape index (κ1) is 14.2. The Bertz CT molecular complexity index is 800. The number of benzene rings is 2. The van der Waals surface area contributed by atoms with Gasteiger partial charge in [0.15, 0.2) is 18.3 Å². The summed E-state index contributed by atoms with van der Waals surface area (Å²) in [6.07, 6.45) is 1.77. The van der Waals surface area contributed by atoms with Gasteiger partial charge in [-0.25, -0.2) is 9.37 Å². The van der Waals surface area contributed by atoms with E-state index in [1.807, 2.05) is 29.8 Å². The fraction of sp³-hybridized carbons (Fsp3) is 0.188. The molecule has 0 aliphatic rings. The molecule has 1 aromatic heterocycles. The lowest BCUT2D eigenvalue weighted by molar-refractivity contribution is 0.328. The fourth-order valence-corrected chi connectivity index (χ4v) is 2.20. The van der Waals surface area contributed by atoms with Gasteiger partial charge in [-0.3, -0.25) is 0 Å². The SMILES string of the molecule is CNc1ccc(F)c(OCNc2ccc3ncn(C)c3c2)c1. The highest BCUT2D eigenvalue weighted by molar-refractivity contribution is 5.79. The molecule has 3 aromatic rings. The van der Waals surface area contributed by atoms with Crippen molar-refractivity contribution in [2.24, 2.45) is 7.05 Å². The Morgan fingerprint density at radius 3 is 2.82 bits per heavy atom. The Labute approximate surface area is 127 Å². The van der Waals surface area contributed by atoms with Crippen molar-refractivity contribution in [2.75, 3.05) is 24.4 Å². The van der Waals surface area contributed by atoms with Crippen LogP contribution >= 0.6 is 0 Å². The standard InChI is InChI=1S/C16H17FN4O/c1-18-11-3-5-13(17)16(8-11)22-10-20-12-4-6-14-15(7-12)21(2)9-19-14/h3-9,18,20H,10H2,1-2H3. The molecule has 6 heteroatoms. The van der Waals surface area contributed by atoms with Gasteiger partial charge in [-0.2, -0.15) is 0 Å². The van der Waals surface area contributed by atoms with Crippen molar-refractivity contribution in [3.05, 3.63) is 48.5 Å². The van der Waals surface area contributed by atoms with E-state index in [9.17, 15) is 4.39 Å². The summed E-state index contributed by atoms with van der Waals surface area (Å²) in [5.74, 6) is -0.177. The molecule has 3 rings (SSSR count). The van der Waals surface area contributed by atoms with E-state index in [1.165, 1.54) is 6.07 Å². The van der Waals surface area contributed by atoms with Gasteiger partial charge in [-0.15, -0.1) is 0 Å². The van der Waals surface area contributed by atoms with E-state index in [0.717, 1.165) is 22.4 Å². The first-order valence-electron chi connectivity index (χ1n) is 6.92. The van der Waals surface area contributed by atoms with Crippen molar-refractivity contribution in [1.82, 2.24) is 9.55 Å². The molecule has 0 aliphatic carbocycles. The van der Waals surface area contributed by atoms with Crippen LogP contribution in [0.25, 0.3) is 11.0 Å². The molecular weight excluding hydrogens is 283 g/mol. The van der Waals surface area contributed by atoms with E-state index < -0.39 is 0 Å². The maximum absolute atomic E-state index is 13.7. The van der Waals surface area contributed by atoms with E-state index >= 15 is 0 Å². The average Bonchev–Trinajstić information content (AvgIpc) is 2.90. The first-order valence-corrected chi connectivity index (χ1v) is 6.92. The molecular formula is C16H17FN4O. The molecule has 22 heavy (non-hydrogen) atoms. The van der Waals surface area contributed by atoms with Crippen LogP contribution in [0.3, 0.4) is 0 Å². The van der Waals surface area contributed by atoms with E-state index in [-0.39, 0.29) is 18.3 Å². The number of ether oxygens (including phenoxy) is 1. The second-order valence-corrected chi connectivity index (χ2v) is 4.92. The molecule has 2 aromatic carbocycles. The van der Waals surface area contributed by atoms with Gasteiger partial charge in [0, 0.05) is 31.5 Å². The van der Waals surface area contributed by atoms with Crippen LogP contribution in [0.4, 0.5) is 15.8 Å². The van der Waals surface area contributed by atoms with Crippen molar-refractivity contribution in [3.8, 4) is 5.75 Å². The van der Waals surface area contributed by atoms with Crippen LogP contribution in [0.15, 0.2) is 42.7 Å². The van der Waals surface area contributed by atoms with Gasteiger partial charge < -0.3 is 19.9 Å². The van der Waals surface area contributed by atoms with Crippen LogP contribution < -0.4 is 15.4 Å². The van der Waals surface area contributed by atoms with Crippen LogP contribution in [0, 0.1) is 5.82 Å². The first-order chi connectivity index (χ1) is 10.7. The second-order valence-electron chi connectivity index (χ2n) is 4.92. The van der Waals surface area contributed by atoms with Crippen LogP contribution in [0.2, 0.25) is 0 Å². The van der Waals surface area contributed by atoms with Crippen molar-refractivity contribution in [3.63, 3.8) is 0 Å². The number of aryl methyl sites for hydroxylation is 1. The number of nitrogens with one attached hydrogen (secondary N) is 2. The van der Waals surface area contributed by atoms with E-state index in [0.29, 0.717) is 0 Å². The minimum Gasteiger partial charge on any atom is -0.470 e. The number of anilines is 2. The van der Waals surface area contributed by atoms with E-state index in [1.54, 1.807) is 25.5 Å². The topological polar surface area (TPSA) is 51.1 Å². The van der Waals surface area contributed by atoms with E-state index in [4.69, 9.17) is 4.74 Å². The fourth-order valence-electron chi connectivity index (χ4n) is 2.20. The largest absolute Gasteiger partial charge is 0.470 e. The molecule has 0 spiro atoms. The van der Waals surface area contributed by atoms with Crippen LogP contribution in [0.5, 0.6) is 5.75 Å². The lowest BCUT2D eigenvalue weighted by atomic mass is 10.3. The molecule has 0 aliphatic heterocycles. The highest BCUT2D eigenvalue weighted by Crippen LogP contribution is 2.22. The predicted molar refractivity (Wildman–Crippen MR) is 85.8 cm³/mol. The highest BCUT2D eigenvalue weighted by atomic mass is 19.1. The van der Waals surface area contributed by atoms with Gasteiger partial charge in [-0.05, 0) is 30.3 Å². The third-order valence-electron chi connectivity index (χ3n) is 3.45. The maximum atomic E-state index is 13.7. The molecule has 0 unspecified atom stereocenters. The number of nitrogens with zero attached hydrogens (tertiary/aromatic N) is 2. The Morgan fingerprint density at radius 2 is 2.00 bits per heavy atom. The molecule has 5 nitrogen and oxygen atoms in total. The number of fused-ring (bicyclic) bond motifs is 1. The normalized spacial score (nSPS) is 10.7. The molecule has 0 bridgehead atoms. The van der Waals surface area contributed by atoms with Gasteiger partial charge in [0.25, 0.3) is 0 Å². The third-order valence-corrected chi connectivity index (χ3v) is 3.45. The number of hydrogen-bond donors (Lipinski definition) is 2. The molecule has 1 heterocycles. The summed E-state index contributed by atoms with van der Waals surface area (Å²) in [7, 11) is 3.71. The molecule has 0 fully saturated rings. The van der Waals surface area contributed by atoms with Crippen LogP contribution in [0.1, 0.15) is 0 Å². The lowest BCUT2D eigenvalue weighted by Crippen LogP contribution is -2.10. The van der Waals surface area contributed by atoms with Gasteiger partial charge in [0.05, 0.1) is 17.4 Å². The van der Waals surface area contributed by atoms with Gasteiger partial charge in [-0.1, -0.05) is 0 Å². The zero-order valence-corrected chi connectivity index (χ0v) is 12.4. The van der Waals surface area contributed by atoms with Crippen LogP contribution in [-0.2, 0) is 7.05 Å². The van der Waals surface area contributed by atoms with Gasteiger partial charge in [0.1, 0.15) is 0 Å². The summed E-state index contributed by atoms with van der Waals surface area (Å²) in [6, 6.07) is 10.5. The van der Waals surface area contributed by atoms with Gasteiger partial charge in [0.2, 0.25) is 0 Å². The second kappa shape index (κ2) is 5.93. The Kier molecular flexibility index (Phi) is 3.82. The Balaban J connectivity index is 1.68. The number of imidazole rings is 1. The van der Waals surface area contributed by atoms with Crippen molar-refractivity contribution < 1.29 is 9.13 Å².